The van der Waals surface area contributed by atoms with Crippen molar-refractivity contribution in [1.82, 2.24) is 9.97 Å². The van der Waals surface area contributed by atoms with E-state index in [1.165, 1.54) is 11.1 Å². The highest BCUT2D eigenvalue weighted by molar-refractivity contribution is 7.80. The number of hydrogen-bond donors (Lipinski definition) is 2. The molecule has 0 saturated heterocycles. The first-order valence-corrected chi connectivity index (χ1v) is 5.96. The molecule has 0 aliphatic carbocycles. The molecule has 0 spiro atoms. The van der Waals surface area contributed by atoms with E-state index < -0.39 is 0 Å². The standard InChI is InChI=1S/C13H14N4S/c1-9-5-10(2)7-11(6-9)16-13(18)17-12-8-14-3-4-15-12/h3-8H,1-2H3,(H2,15,16,17,18). The number of thiocarbonyl (C=S) groups is 1. The van der Waals surface area contributed by atoms with Crippen LogP contribution in [0.5, 0.6) is 0 Å². The van der Waals surface area contributed by atoms with Crippen molar-refractivity contribution in [2.45, 2.75) is 13.8 Å². The van der Waals surface area contributed by atoms with Crippen molar-refractivity contribution < 1.29 is 0 Å². The molecular formula is C13H14N4S. The number of nitrogens with one attached hydrogen (secondary N) is 2. The molecule has 18 heavy (non-hydrogen) atoms. The Morgan fingerprint density at radius 2 is 1.78 bits per heavy atom. The zero-order chi connectivity index (χ0) is 13.0. The summed E-state index contributed by atoms with van der Waals surface area (Å²) in [5, 5.41) is 6.60. The van der Waals surface area contributed by atoms with Crippen LogP contribution in [0.4, 0.5) is 11.5 Å². The summed E-state index contributed by atoms with van der Waals surface area (Å²) < 4.78 is 0. The van der Waals surface area contributed by atoms with Gasteiger partial charge in [0.1, 0.15) is 0 Å². The van der Waals surface area contributed by atoms with E-state index in [9.17, 15) is 0 Å². The molecule has 0 saturated carbocycles. The van der Waals surface area contributed by atoms with Crippen LogP contribution in [0.15, 0.2) is 36.8 Å². The molecule has 0 unspecified atom stereocenters. The van der Waals surface area contributed by atoms with Crippen LogP contribution >= 0.6 is 12.2 Å². The second-order valence-electron chi connectivity index (χ2n) is 4.05. The Hall–Kier alpha value is -2.01. The summed E-state index contributed by atoms with van der Waals surface area (Å²) in [6.45, 7) is 4.11. The van der Waals surface area contributed by atoms with E-state index in [2.05, 4.69) is 40.5 Å². The smallest absolute Gasteiger partial charge is 0.176 e. The largest absolute Gasteiger partial charge is 0.332 e. The highest BCUT2D eigenvalue weighted by Gasteiger charge is 2.00. The van der Waals surface area contributed by atoms with Crippen LogP contribution in [0.3, 0.4) is 0 Å². The number of hydrogen-bond acceptors (Lipinski definition) is 3. The third-order valence-electron chi connectivity index (χ3n) is 2.28. The summed E-state index contributed by atoms with van der Waals surface area (Å²) in [5.74, 6) is 0.624. The van der Waals surface area contributed by atoms with Crippen LogP contribution in [0, 0.1) is 13.8 Å². The van der Waals surface area contributed by atoms with Crippen molar-refractivity contribution in [2.24, 2.45) is 0 Å². The molecule has 2 rings (SSSR count). The van der Waals surface area contributed by atoms with Crippen molar-refractivity contribution in [3.63, 3.8) is 0 Å². The van der Waals surface area contributed by atoms with Gasteiger partial charge in [-0.3, -0.25) is 4.98 Å². The van der Waals surface area contributed by atoms with Gasteiger partial charge in [-0.25, -0.2) is 4.98 Å². The van der Waals surface area contributed by atoms with Crippen LogP contribution in [-0.4, -0.2) is 15.1 Å². The predicted molar refractivity (Wildman–Crippen MR) is 77.8 cm³/mol. The van der Waals surface area contributed by atoms with E-state index in [0.29, 0.717) is 10.9 Å². The second-order valence-corrected chi connectivity index (χ2v) is 4.45. The number of aryl methyl sites for hydroxylation is 2. The van der Waals surface area contributed by atoms with E-state index in [4.69, 9.17) is 12.2 Å². The van der Waals surface area contributed by atoms with E-state index in [0.717, 1.165) is 5.69 Å². The Labute approximate surface area is 111 Å². The van der Waals surface area contributed by atoms with Crippen LogP contribution in [0.1, 0.15) is 11.1 Å². The molecule has 2 aromatic rings. The fourth-order valence-electron chi connectivity index (χ4n) is 1.69. The minimum Gasteiger partial charge on any atom is -0.332 e. The van der Waals surface area contributed by atoms with E-state index in [1.807, 2.05) is 12.1 Å². The first-order valence-electron chi connectivity index (χ1n) is 5.56. The normalized spacial score (nSPS) is 9.89. The van der Waals surface area contributed by atoms with Crippen LogP contribution in [0.25, 0.3) is 0 Å². The molecule has 92 valence electrons. The predicted octanol–water partition coefficient (Wildman–Crippen LogP) is 2.90. The maximum atomic E-state index is 5.21. The molecule has 0 aliphatic heterocycles. The van der Waals surface area contributed by atoms with E-state index in [1.54, 1.807) is 18.6 Å². The second kappa shape index (κ2) is 5.55. The van der Waals surface area contributed by atoms with Gasteiger partial charge in [0.2, 0.25) is 0 Å². The SMILES string of the molecule is Cc1cc(C)cc(NC(=S)Nc2cnccn2)c1. The molecule has 0 atom stereocenters. The fourth-order valence-corrected chi connectivity index (χ4v) is 1.91. The lowest BCUT2D eigenvalue weighted by Crippen LogP contribution is -2.19. The number of rotatable bonds is 2. The number of anilines is 2. The maximum absolute atomic E-state index is 5.21. The molecule has 1 heterocycles. The lowest BCUT2D eigenvalue weighted by Gasteiger charge is -2.10. The van der Waals surface area contributed by atoms with Gasteiger partial charge in [-0.1, -0.05) is 6.07 Å². The Bertz CT molecular complexity index is 534. The Morgan fingerprint density at radius 3 is 2.39 bits per heavy atom. The van der Waals surface area contributed by atoms with Crippen molar-refractivity contribution in [3.05, 3.63) is 47.9 Å². The average molecular weight is 258 g/mol. The van der Waals surface area contributed by atoms with Gasteiger partial charge in [0.15, 0.2) is 10.9 Å². The van der Waals surface area contributed by atoms with Crippen molar-refractivity contribution in [3.8, 4) is 0 Å². The highest BCUT2D eigenvalue weighted by Crippen LogP contribution is 2.14. The average Bonchev–Trinajstić information content (AvgIpc) is 2.28. The van der Waals surface area contributed by atoms with Gasteiger partial charge in [0.05, 0.1) is 6.20 Å². The minimum atomic E-state index is 0.500. The quantitative estimate of drug-likeness (QED) is 0.811. The van der Waals surface area contributed by atoms with Gasteiger partial charge in [-0.05, 0) is 49.3 Å². The molecule has 0 aliphatic rings. The van der Waals surface area contributed by atoms with Gasteiger partial charge in [-0.15, -0.1) is 0 Å². The Morgan fingerprint density at radius 1 is 1.06 bits per heavy atom. The molecular weight excluding hydrogens is 244 g/mol. The topological polar surface area (TPSA) is 49.8 Å². The van der Waals surface area contributed by atoms with Crippen LogP contribution < -0.4 is 10.6 Å². The van der Waals surface area contributed by atoms with Crippen LogP contribution in [-0.2, 0) is 0 Å². The number of benzene rings is 1. The molecule has 5 heteroatoms. The Kier molecular flexibility index (Phi) is 3.84. The lowest BCUT2D eigenvalue weighted by atomic mass is 10.1. The molecule has 1 aromatic heterocycles. The van der Waals surface area contributed by atoms with Crippen LogP contribution in [0.2, 0.25) is 0 Å². The zero-order valence-electron chi connectivity index (χ0n) is 10.3. The maximum Gasteiger partial charge on any atom is 0.176 e. The summed E-state index contributed by atoms with van der Waals surface area (Å²) in [7, 11) is 0. The zero-order valence-corrected chi connectivity index (χ0v) is 11.1. The van der Waals surface area contributed by atoms with Crippen molar-refractivity contribution >= 4 is 28.8 Å². The number of aromatic nitrogens is 2. The lowest BCUT2D eigenvalue weighted by molar-refractivity contribution is 1.21. The first-order chi connectivity index (χ1) is 8.63. The highest BCUT2D eigenvalue weighted by atomic mass is 32.1. The summed E-state index contributed by atoms with van der Waals surface area (Å²) in [5.41, 5.74) is 3.36. The Balaban J connectivity index is 2.03. The van der Waals surface area contributed by atoms with Gasteiger partial charge in [0.25, 0.3) is 0 Å². The van der Waals surface area contributed by atoms with Crippen molar-refractivity contribution in [1.29, 1.82) is 0 Å². The first kappa shape index (κ1) is 12.4. The number of nitrogens with zero attached hydrogens (tertiary/aromatic N) is 2. The van der Waals surface area contributed by atoms with Gasteiger partial charge >= 0.3 is 0 Å². The molecule has 0 amide bonds. The van der Waals surface area contributed by atoms with Crippen molar-refractivity contribution in [2.75, 3.05) is 10.6 Å². The van der Waals surface area contributed by atoms with E-state index >= 15 is 0 Å². The molecule has 0 radical (unpaired) electrons. The third-order valence-corrected chi connectivity index (χ3v) is 2.49. The summed E-state index contributed by atoms with van der Waals surface area (Å²) in [6.07, 6.45) is 4.85. The summed E-state index contributed by atoms with van der Waals surface area (Å²) >= 11 is 5.21. The molecule has 2 N–H and O–H groups in total. The molecule has 0 bridgehead atoms. The molecule has 1 aromatic carbocycles. The monoisotopic (exact) mass is 258 g/mol. The third kappa shape index (κ3) is 3.49. The summed E-state index contributed by atoms with van der Waals surface area (Å²) in [6, 6.07) is 6.19. The van der Waals surface area contributed by atoms with Gasteiger partial charge in [0, 0.05) is 18.1 Å². The molecule has 4 nitrogen and oxygen atoms in total. The molecule has 0 fully saturated rings. The fraction of sp³-hybridized carbons (Fsp3) is 0.154. The van der Waals surface area contributed by atoms with Gasteiger partial charge in [-0.2, -0.15) is 0 Å². The van der Waals surface area contributed by atoms with Gasteiger partial charge < -0.3 is 10.6 Å². The van der Waals surface area contributed by atoms with E-state index in [-0.39, 0.29) is 0 Å². The minimum absolute atomic E-state index is 0.500. The summed E-state index contributed by atoms with van der Waals surface area (Å²) in [4.78, 5) is 8.05.